The molecule has 1 rings (SSSR count). The number of hydrogen-bond acceptors (Lipinski definition) is 4. The zero-order chi connectivity index (χ0) is 13.5. The second-order valence-electron chi connectivity index (χ2n) is 4.35. The van der Waals surface area contributed by atoms with Crippen molar-refractivity contribution < 1.29 is 24.8 Å². The van der Waals surface area contributed by atoms with Gasteiger partial charge in [-0.3, -0.25) is 4.79 Å². The normalized spacial score (nSPS) is 23.8. The van der Waals surface area contributed by atoms with Gasteiger partial charge in [-0.05, 0) is 12.8 Å². The zero-order valence-corrected chi connectivity index (χ0v) is 13.2. The van der Waals surface area contributed by atoms with Crippen molar-refractivity contribution in [2.75, 3.05) is 13.2 Å². The van der Waals surface area contributed by atoms with Crippen molar-refractivity contribution >= 4 is 43.8 Å². The molecule has 5 nitrogen and oxygen atoms in total. The van der Waals surface area contributed by atoms with E-state index in [0.29, 0.717) is 6.04 Å². The molecule has 0 radical (unpaired) electrons. The molecule has 0 atom stereocenters. The Labute approximate surface area is 123 Å². The molecule has 0 amide bonds. The second kappa shape index (κ2) is 8.12. The molecule has 0 spiro atoms. The highest BCUT2D eigenvalue weighted by Crippen LogP contribution is 2.23. The molecule has 18 heavy (non-hydrogen) atoms. The maximum absolute atomic E-state index is 11.7. The predicted octanol–water partition coefficient (Wildman–Crippen LogP) is 0.989. The van der Waals surface area contributed by atoms with Gasteiger partial charge in [-0.25, -0.2) is 4.79 Å². The van der Waals surface area contributed by atoms with Crippen LogP contribution in [0.25, 0.3) is 0 Å². The Hall–Kier alpha value is -0.140. The van der Waals surface area contributed by atoms with E-state index < -0.39 is 9.71 Å². The van der Waals surface area contributed by atoms with Crippen molar-refractivity contribution in [3.8, 4) is 0 Å². The van der Waals surface area contributed by atoms with Crippen LogP contribution in [0.3, 0.4) is 0 Å². The van der Waals surface area contributed by atoms with Gasteiger partial charge in [0.1, 0.15) is 13.2 Å². The first-order valence-electron chi connectivity index (χ1n) is 5.95. The van der Waals surface area contributed by atoms with Crippen LogP contribution in [-0.2, 0) is 19.1 Å². The van der Waals surface area contributed by atoms with E-state index in [2.05, 4.69) is 37.6 Å². The fourth-order valence-electron chi connectivity index (χ4n) is 1.86. The summed E-state index contributed by atoms with van der Waals surface area (Å²) < 4.78 is 9.40. The second-order valence-corrected chi connectivity index (χ2v) is 7.41. The fourth-order valence-corrected chi connectivity index (χ4v) is 2.13. The smallest absolute Gasteiger partial charge is 0.330 e. The highest BCUT2D eigenvalue weighted by Gasteiger charge is 2.27. The molecule has 0 aliphatic heterocycles. The SMILES string of the molecule is [NH3+]C1CCC(C(=O)OCCOC(=O)C(Br)Br)CC1. The number of ether oxygens (including phenoxy) is 2. The first-order valence-corrected chi connectivity index (χ1v) is 7.78. The van der Waals surface area contributed by atoms with Crippen LogP contribution < -0.4 is 5.73 Å². The summed E-state index contributed by atoms with van der Waals surface area (Å²) in [4.78, 5) is 22.7. The van der Waals surface area contributed by atoms with Crippen LogP contribution >= 0.6 is 31.9 Å². The first-order chi connectivity index (χ1) is 8.50. The van der Waals surface area contributed by atoms with E-state index in [-0.39, 0.29) is 25.1 Å². The zero-order valence-electron chi connectivity index (χ0n) is 10.1. The molecule has 0 saturated heterocycles. The standard InChI is InChI=1S/C11H17Br2NO4/c12-9(13)11(16)18-6-5-17-10(15)7-1-3-8(14)4-2-7/h7-9H,1-6,14H2/p+1. The Kier molecular flexibility index (Phi) is 7.18. The average Bonchev–Trinajstić information content (AvgIpc) is 2.34. The largest absolute Gasteiger partial charge is 0.462 e. The molecule has 1 fully saturated rings. The number of alkyl halides is 2. The lowest BCUT2D eigenvalue weighted by molar-refractivity contribution is -0.426. The third-order valence-corrected chi connectivity index (χ3v) is 3.68. The minimum atomic E-state index is -0.520. The van der Waals surface area contributed by atoms with Crippen LogP contribution in [0.5, 0.6) is 0 Å². The van der Waals surface area contributed by atoms with Gasteiger partial charge in [0.2, 0.25) is 0 Å². The summed E-state index contributed by atoms with van der Waals surface area (Å²) in [6.45, 7) is 0.199. The lowest BCUT2D eigenvalue weighted by atomic mass is 9.86. The van der Waals surface area contributed by atoms with Crippen LogP contribution in [-0.4, -0.2) is 34.9 Å². The van der Waals surface area contributed by atoms with Gasteiger partial charge in [-0.2, -0.15) is 0 Å². The fraction of sp³-hybridized carbons (Fsp3) is 0.818. The van der Waals surface area contributed by atoms with Gasteiger partial charge in [0.15, 0.2) is 3.74 Å². The molecule has 0 aromatic rings. The average molecular weight is 388 g/mol. The summed E-state index contributed by atoms with van der Waals surface area (Å²) in [5.74, 6) is -0.630. The Morgan fingerprint density at radius 1 is 1.11 bits per heavy atom. The van der Waals surface area contributed by atoms with Gasteiger partial charge >= 0.3 is 11.9 Å². The molecule has 0 aromatic carbocycles. The molecular weight excluding hydrogens is 370 g/mol. The number of halogens is 2. The van der Waals surface area contributed by atoms with Crippen molar-refractivity contribution in [2.45, 2.75) is 35.5 Å². The minimum absolute atomic E-state index is 0.0150. The molecule has 0 aromatic heterocycles. The lowest BCUT2D eigenvalue weighted by Crippen LogP contribution is -2.62. The van der Waals surface area contributed by atoms with Crippen LogP contribution in [0.4, 0.5) is 0 Å². The summed E-state index contributed by atoms with van der Waals surface area (Å²) in [6.07, 6.45) is 3.64. The quantitative estimate of drug-likeness (QED) is 0.433. The molecule has 7 heteroatoms. The van der Waals surface area contributed by atoms with E-state index in [9.17, 15) is 9.59 Å². The third-order valence-electron chi connectivity index (χ3n) is 2.93. The predicted molar refractivity (Wildman–Crippen MR) is 72.2 cm³/mol. The maximum Gasteiger partial charge on any atom is 0.330 e. The highest BCUT2D eigenvalue weighted by atomic mass is 79.9. The minimum Gasteiger partial charge on any atom is -0.462 e. The van der Waals surface area contributed by atoms with Gasteiger partial charge in [-0.15, -0.1) is 0 Å². The van der Waals surface area contributed by atoms with E-state index in [4.69, 9.17) is 9.47 Å². The van der Waals surface area contributed by atoms with Crippen molar-refractivity contribution in [1.29, 1.82) is 0 Å². The number of rotatable bonds is 5. The monoisotopic (exact) mass is 386 g/mol. The summed E-state index contributed by atoms with van der Waals surface area (Å²) in [6, 6.07) is 0.463. The molecule has 1 aliphatic rings. The van der Waals surface area contributed by atoms with E-state index in [1.54, 1.807) is 0 Å². The van der Waals surface area contributed by atoms with Gasteiger partial charge in [0.25, 0.3) is 0 Å². The number of hydrogen-bond donors (Lipinski definition) is 1. The third kappa shape index (κ3) is 5.67. The Bertz CT molecular complexity index is 291. The lowest BCUT2D eigenvalue weighted by Gasteiger charge is -2.22. The van der Waals surface area contributed by atoms with Crippen LogP contribution in [0.1, 0.15) is 25.7 Å². The van der Waals surface area contributed by atoms with Crippen LogP contribution in [0.2, 0.25) is 0 Å². The molecular formula is C11H18Br2NO4+. The van der Waals surface area contributed by atoms with Crippen molar-refractivity contribution in [2.24, 2.45) is 5.92 Å². The van der Waals surface area contributed by atoms with Crippen LogP contribution in [0.15, 0.2) is 0 Å². The van der Waals surface area contributed by atoms with Crippen molar-refractivity contribution in [3.05, 3.63) is 0 Å². The van der Waals surface area contributed by atoms with Gasteiger partial charge < -0.3 is 15.2 Å². The molecule has 0 heterocycles. The summed E-state index contributed by atoms with van der Waals surface area (Å²) in [5.41, 5.74) is 3.98. The topological polar surface area (TPSA) is 80.2 Å². The van der Waals surface area contributed by atoms with Crippen molar-refractivity contribution in [1.82, 2.24) is 0 Å². The van der Waals surface area contributed by atoms with Gasteiger partial charge in [0.05, 0.1) is 12.0 Å². The Morgan fingerprint density at radius 3 is 2.22 bits per heavy atom. The number of esters is 2. The molecule has 104 valence electrons. The van der Waals surface area contributed by atoms with Crippen LogP contribution in [0, 0.1) is 5.92 Å². The van der Waals surface area contributed by atoms with Gasteiger partial charge in [0, 0.05) is 12.8 Å². The van der Waals surface area contributed by atoms with E-state index in [1.807, 2.05) is 0 Å². The number of carbonyl (C=O) groups is 2. The Morgan fingerprint density at radius 2 is 1.67 bits per heavy atom. The highest BCUT2D eigenvalue weighted by molar-refractivity contribution is 9.25. The number of quaternary nitrogens is 1. The molecule has 1 aliphatic carbocycles. The van der Waals surface area contributed by atoms with Crippen molar-refractivity contribution in [3.63, 3.8) is 0 Å². The van der Waals surface area contributed by atoms with Gasteiger partial charge in [-0.1, -0.05) is 31.9 Å². The maximum atomic E-state index is 11.7. The molecule has 3 N–H and O–H groups in total. The first kappa shape index (κ1) is 15.9. The van der Waals surface area contributed by atoms with E-state index in [0.717, 1.165) is 25.7 Å². The molecule has 0 bridgehead atoms. The Balaban J connectivity index is 2.12. The van der Waals surface area contributed by atoms with E-state index >= 15 is 0 Å². The number of carbonyl (C=O) groups excluding carboxylic acids is 2. The summed E-state index contributed by atoms with van der Waals surface area (Å²) >= 11 is 6.03. The summed E-state index contributed by atoms with van der Waals surface area (Å²) in [7, 11) is 0. The van der Waals surface area contributed by atoms with E-state index in [1.165, 1.54) is 0 Å². The molecule has 1 saturated carbocycles. The summed E-state index contributed by atoms with van der Waals surface area (Å²) in [5, 5.41) is 0. The molecule has 0 unspecified atom stereocenters.